The van der Waals surface area contributed by atoms with Crippen LogP contribution in [0, 0.1) is 11.3 Å². The average molecular weight is 79.1 g/mol. The van der Waals surface area contributed by atoms with Gasteiger partial charge in [-0.2, -0.15) is 10.4 Å². The molecule has 0 saturated carbocycles. The van der Waals surface area contributed by atoms with Gasteiger partial charge in [0.25, 0.3) is 0 Å². The fourth-order valence-corrected chi connectivity index (χ4v) is 0.167. The number of rotatable bonds is 0. The van der Waals surface area contributed by atoms with Crippen molar-refractivity contribution in [1.82, 2.24) is 0 Å². The summed E-state index contributed by atoms with van der Waals surface area (Å²) in [6.07, 6.45) is 1.42. The Morgan fingerprint density at radius 2 is 2.50 bits per heavy atom. The van der Waals surface area contributed by atoms with Crippen LogP contribution in [0.3, 0.4) is 0 Å². The largest absolute Gasteiger partial charge is 0.191 e. The third-order valence-corrected chi connectivity index (χ3v) is 0.460. The maximum absolute atomic E-state index is 7.91. The zero-order chi connectivity index (χ0) is 4.41. The molecule has 0 N–H and O–H groups in total. The molecule has 0 aliphatic carbocycles. The fourth-order valence-electron chi connectivity index (χ4n) is 0.167. The van der Waals surface area contributed by atoms with Crippen molar-refractivity contribution in [1.29, 1.82) is 5.26 Å². The van der Waals surface area contributed by atoms with Crippen molar-refractivity contribution < 1.29 is 0 Å². The minimum atomic E-state index is 0.412. The highest BCUT2D eigenvalue weighted by atomic mass is 15.3. The minimum Gasteiger partial charge on any atom is -0.191 e. The molecule has 3 heteroatoms. The van der Waals surface area contributed by atoms with Crippen LogP contribution in [0.4, 0.5) is 0 Å². The van der Waals surface area contributed by atoms with E-state index in [0.717, 1.165) is 0 Å². The lowest BCUT2D eigenvalue weighted by Gasteiger charge is -1.86. The van der Waals surface area contributed by atoms with Gasteiger partial charge < -0.3 is 0 Å². The number of nitrogens with zero attached hydrogens (tertiary/aromatic N) is 3. The first-order valence-electron chi connectivity index (χ1n) is 1.44. The lowest BCUT2D eigenvalue weighted by Crippen LogP contribution is -2.00. The van der Waals surface area contributed by atoms with Crippen LogP contribution < -0.4 is 0 Å². The second-order valence-corrected chi connectivity index (χ2v) is 0.842. The smallest absolute Gasteiger partial charge is 0.183 e. The molecular weight excluding hydrogens is 78.1 g/mol. The number of nitriles is 1. The Morgan fingerprint density at radius 1 is 1.83 bits per heavy atom. The molecule has 0 fully saturated rings. The lowest BCUT2D eigenvalue weighted by molar-refractivity contribution is 1.23. The maximum atomic E-state index is 7.91. The van der Waals surface area contributed by atoms with Crippen molar-refractivity contribution in [2.75, 3.05) is 0 Å². The summed E-state index contributed by atoms with van der Waals surface area (Å²) in [5.74, 6) is 0. The van der Waals surface area contributed by atoms with E-state index >= 15 is 0 Å². The molecule has 0 aromatic rings. The van der Waals surface area contributed by atoms with Crippen molar-refractivity contribution in [3.05, 3.63) is 0 Å². The Kier molecular flexibility index (Phi) is 0.457. The summed E-state index contributed by atoms with van der Waals surface area (Å²) in [5.41, 5.74) is 0.412. The first kappa shape index (κ1) is 3.04. The number of hydrogen-bond donors (Lipinski definition) is 0. The molecular formula is C3HN3. The van der Waals surface area contributed by atoms with E-state index in [1.54, 1.807) is 6.07 Å². The summed E-state index contributed by atoms with van der Waals surface area (Å²) < 4.78 is 0. The van der Waals surface area contributed by atoms with Crippen LogP contribution in [-0.2, 0) is 0 Å². The molecule has 0 bridgehead atoms. The van der Waals surface area contributed by atoms with Gasteiger partial charge in [0.2, 0.25) is 0 Å². The summed E-state index contributed by atoms with van der Waals surface area (Å²) >= 11 is 0. The van der Waals surface area contributed by atoms with Crippen LogP contribution >= 0.6 is 0 Å². The van der Waals surface area contributed by atoms with Crippen molar-refractivity contribution in [3.8, 4) is 6.07 Å². The third kappa shape index (κ3) is 0.203. The van der Waals surface area contributed by atoms with Crippen molar-refractivity contribution in [3.63, 3.8) is 0 Å². The Bertz CT molecular complexity index is 148. The van der Waals surface area contributed by atoms with Crippen LogP contribution in [0.1, 0.15) is 0 Å². The molecule has 0 unspecified atom stereocenters. The van der Waals surface area contributed by atoms with Gasteiger partial charge in [-0.15, -0.1) is 5.10 Å². The van der Waals surface area contributed by atoms with E-state index in [1.165, 1.54) is 6.21 Å². The lowest BCUT2D eigenvalue weighted by atomic mass is 10.4. The summed E-state index contributed by atoms with van der Waals surface area (Å²) in [4.78, 5) is 0. The predicted octanol–water partition coefficient (Wildman–Crippen LogP) is -0.0496. The molecule has 0 radical (unpaired) electrons. The second kappa shape index (κ2) is 0.902. The first-order valence-corrected chi connectivity index (χ1v) is 1.44. The Labute approximate surface area is 34.6 Å². The van der Waals surface area contributed by atoms with Crippen LogP contribution in [0.15, 0.2) is 10.2 Å². The van der Waals surface area contributed by atoms with Gasteiger partial charge in [0.05, 0.1) is 6.21 Å². The van der Waals surface area contributed by atoms with Gasteiger partial charge in [0.15, 0.2) is 5.71 Å². The van der Waals surface area contributed by atoms with E-state index in [4.69, 9.17) is 5.26 Å². The van der Waals surface area contributed by atoms with Gasteiger partial charge in [-0.1, -0.05) is 0 Å². The molecule has 28 valence electrons. The van der Waals surface area contributed by atoms with Gasteiger partial charge in [-0.25, -0.2) is 0 Å². The van der Waals surface area contributed by atoms with E-state index in [1.807, 2.05) is 0 Å². The SMILES string of the molecule is N#CC1=NN=C1. The van der Waals surface area contributed by atoms with Gasteiger partial charge in [-0.05, 0) is 0 Å². The normalized spacial score (nSPS) is 14.8. The molecule has 0 saturated heterocycles. The Morgan fingerprint density at radius 3 is 2.50 bits per heavy atom. The molecule has 0 aromatic heterocycles. The van der Waals surface area contributed by atoms with Gasteiger partial charge in [0, 0.05) is 0 Å². The summed E-state index contributed by atoms with van der Waals surface area (Å²) in [6, 6.07) is 1.80. The highest BCUT2D eigenvalue weighted by Crippen LogP contribution is 1.83. The zero-order valence-corrected chi connectivity index (χ0v) is 2.92. The highest BCUT2D eigenvalue weighted by Gasteiger charge is 1.95. The van der Waals surface area contributed by atoms with Crippen LogP contribution in [0.5, 0.6) is 0 Å². The molecule has 0 atom stereocenters. The molecule has 0 amide bonds. The van der Waals surface area contributed by atoms with E-state index in [9.17, 15) is 0 Å². The van der Waals surface area contributed by atoms with E-state index in [0.29, 0.717) is 5.71 Å². The second-order valence-electron chi connectivity index (χ2n) is 0.842. The topological polar surface area (TPSA) is 48.5 Å². The quantitative estimate of drug-likeness (QED) is 0.401. The summed E-state index contributed by atoms with van der Waals surface area (Å²) in [5, 5.41) is 14.5. The van der Waals surface area contributed by atoms with Crippen molar-refractivity contribution >= 4 is 11.9 Å². The van der Waals surface area contributed by atoms with Gasteiger partial charge in [-0.3, -0.25) is 0 Å². The Balaban J connectivity index is 2.65. The standard InChI is InChI=1S/C3HN3/c4-1-3-2-5-6-3/h2H. The molecule has 1 aliphatic heterocycles. The van der Waals surface area contributed by atoms with Crippen LogP contribution in [0.2, 0.25) is 0 Å². The van der Waals surface area contributed by atoms with Crippen LogP contribution in [-0.4, -0.2) is 11.9 Å². The third-order valence-electron chi connectivity index (χ3n) is 0.460. The average Bonchev–Trinajstić information content (AvgIpc) is 1.31. The minimum absolute atomic E-state index is 0.412. The Hall–Kier alpha value is -1.17. The molecule has 6 heavy (non-hydrogen) atoms. The molecule has 1 rings (SSSR count). The van der Waals surface area contributed by atoms with Crippen molar-refractivity contribution in [2.24, 2.45) is 10.2 Å². The molecule has 0 spiro atoms. The molecule has 3 nitrogen and oxygen atoms in total. The van der Waals surface area contributed by atoms with Gasteiger partial charge >= 0.3 is 0 Å². The molecule has 1 aliphatic rings. The zero-order valence-electron chi connectivity index (χ0n) is 2.92. The van der Waals surface area contributed by atoms with E-state index in [2.05, 4.69) is 10.2 Å². The maximum Gasteiger partial charge on any atom is 0.183 e. The molecule has 1 heterocycles. The summed E-state index contributed by atoms with van der Waals surface area (Å²) in [6.45, 7) is 0. The highest BCUT2D eigenvalue weighted by molar-refractivity contribution is 6.40. The number of hydrogen-bond acceptors (Lipinski definition) is 3. The monoisotopic (exact) mass is 79.0 g/mol. The van der Waals surface area contributed by atoms with E-state index in [-0.39, 0.29) is 0 Å². The first-order chi connectivity index (χ1) is 2.93. The predicted molar refractivity (Wildman–Crippen MR) is 21.5 cm³/mol. The van der Waals surface area contributed by atoms with Gasteiger partial charge in [0.1, 0.15) is 6.07 Å². The molecule has 0 aromatic carbocycles. The fraction of sp³-hybridized carbons (Fsp3) is 0. The van der Waals surface area contributed by atoms with Crippen LogP contribution in [0.25, 0.3) is 0 Å². The van der Waals surface area contributed by atoms with E-state index < -0.39 is 0 Å². The van der Waals surface area contributed by atoms with Crippen molar-refractivity contribution in [2.45, 2.75) is 0 Å². The summed E-state index contributed by atoms with van der Waals surface area (Å²) in [7, 11) is 0.